The first-order chi connectivity index (χ1) is 7.72. The Hall–Kier alpha value is -0.900. The van der Waals surface area contributed by atoms with Gasteiger partial charge in [-0.3, -0.25) is 0 Å². The minimum absolute atomic E-state index is 0.0180. The molecule has 0 aromatic carbocycles. The monoisotopic (exact) mass is 223 g/mol. The molecule has 0 spiro atoms. The third kappa shape index (κ3) is 2.26. The van der Waals surface area contributed by atoms with E-state index in [-0.39, 0.29) is 6.61 Å². The molecule has 2 rings (SSSR count). The van der Waals surface area contributed by atoms with E-state index in [4.69, 9.17) is 0 Å². The van der Waals surface area contributed by atoms with Crippen LogP contribution in [0.1, 0.15) is 57.2 Å². The number of nitrogens with zero attached hydrogens (tertiary/aromatic N) is 3. The fraction of sp³-hybridized carbons (Fsp3) is 0.833. The van der Waals surface area contributed by atoms with Crippen LogP contribution in [0.25, 0.3) is 0 Å². The van der Waals surface area contributed by atoms with Gasteiger partial charge in [-0.25, -0.2) is 0 Å². The molecular weight excluding hydrogens is 202 g/mol. The molecule has 1 heterocycles. The predicted molar refractivity (Wildman–Crippen MR) is 62.0 cm³/mol. The average molecular weight is 223 g/mol. The van der Waals surface area contributed by atoms with Gasteiger partial charge in [0.2, 0.25) is 0 Å². The lowest BCUT2D eigenvalue weighted by Crippen LogP contribution is -2.13. The van der Waals surface area contributed by atoms with Gasteiger partial charge in [-0.15, -0.1) is 10.2 Å². The molecule has 1 aromatic rings. The molecule has 1 aromatic heterocycles. The summed E-state index contributed by atoms with van der Waals surface area (Å²) < 4.78 is 2.08. The SMILES string of the molecule is CC(C)n1c(CO)nnc1CC1CCCC1. The van der Waals surface area contributed by atoms with Crippen LogP contribution in [-0.4, -0.2) is 19.9 Å². The molecule has 0 amide bonds. The van der Waals surface area contributed by atoms with Crippen LogP contribution < -0.4 is 0 Å². The highest BCUT2D eigenvalue weighted by atomic mass is 16.3. The minimum Gasteiger partial charge on any atom is -0.388 e. The number of hydrogen-bond donors (Lipinski definition) is 1. The zero-order chi connectivity index (χ0) is 11.5. The Balaban J connectivity index is 2.15. The Morgan fingerprint density at radius 1 is 1.25 bits per heavy atom. The van der Waals surface area contributed by atoms with Crippen LogP contribution in [0.2, 0.25) is 0 Å². The Morgan fingerprint density at radius 3 is 2.44 bits per heavy atom. The van der Waals surface area contributed by atoms with Gasteiger partial charge in [0.15, 0.2) is 5.82 Å². The van der Waals surface area contributed by atoms with Crippen LogP contribution in [0.5, 0.6) is 0 Å². The lowest BCUT2D eigenvalue weighted by atomic mass is 10.0. The Bertz CT molecular complexity index is 340. The highest BCUT2D eigenvalue weighted by Gasteiger charge is 2.20. The maximum Gasteiger partial charge on any atom is 0.159 e. The fourth-order valence-corrected chi connectivity index (χ4v) is 2.68. The zero-order valence-electron chi connectivity index (χ0n) is 10.2. The topological polar surface area (TPSA) is 50.9 Å². The summed E-state index contributed by atoms with van der Waals surface area (Å²) >= 11 is 0. The summed E-state index contributed by atoms with van der Waals surface area (Å²) in [6, 6.07) is 0.327. The largest absolute Gasteiger partial charge is 0.388 e. The van der Waals surface area contributed by atoms with E-state index in [1.807, 2.05) is 0 Å². The molecule has 0 unspecified atom stereocenters. The molecule has 16 heavy (non-hydrogen) atoms. The lowest BCUT2D eigenvalue weighted by Gasteiger charge is -2.15. The predicted octanol–water partition coefficient (Wildman–Crippen LogP) is 2.08. The zero-order valence-corrected chi connectivity index (χ0v) is 10.2. The van der Waals surface area contributed by atoms with E-state index < -0.39 is 0 Å². The molecule has 90 valence electrons. The molecule has 0 saturated heterocycles. The van der Waals surface area contributed by atoms with Crippen LogP contribution >= 0.6 is 0 Å². The van der Waals surface area contributed by atoms with E-state index in [2.05, 4.69) is 28.6 Å². The summed E-state index contributed by atoms with van der Waals surface area (Å²) in [5.41, 5.74) is 0. The third-order valence-electron chi connectivity index (χ3n) is 3.44. The molecule has 1 N–H and O–H groups in total. The van der Waals surface area contributed by atoms with Crippen molar-refractivity contribution < 1.29 is 5.11 Å². The van der Waals surface area contributed by atoms with Crippen molar-refractivity contribution in [3.05, 3.63) is 11.6 Å². The maximum atomic E-state index is 9.22. The molecule has 1 aliphatic carbocycles. The van der Waals surface area contributed by atoms with Crippen LogP contribution in [0.4, 0.5) is 0 Å². The Kier molecular flexibility index (Phi) is 3.59. The average Bonchev–Trinajstić information content (AvgIpc) is 2.87. The highest BCUT2D eigenvalue weighted by Crippen LogP contribution is 2.28. The van der Waals surface area contributed by atoms with Crippen molar-refractivity contribution in [3.63, 3.8) is 0 Å². The second-order valence-corrected chi connectivity index (χ2v) is 5.01. The highest BCUT2D eigenvalue weighted by molar-refractivity contribution is 4.98. The molecule has 0 radical (unpaired) electrons. The van der Waals surface area contributed by atoms with Crippen molar-refractivity contribution in [1.82, 2.24) is 14.8 Å². The van der Waals surface area contributed by atoms with E-state index in [1.54, 1.807) is 0 Å². The molecule has 0 bridgehead atoms. The Morgan fingerprint density at radius 2 is 1.88 bits per heavy atom. The molecule has 1 aliphatic rings. The molecule has 1 fully saturated rings. The summed E-state index contributed by atoms with van der Waals surface area (Å²) in [5, 5.41) is 17.5. The van der Waals surface area contributed by atoms with E-state index in [1.165, 1.54) is 25.7 Å². The molecule has 0 atom stereocenters. The summed E-state index contributed by atoms with van der Waals surface area (Å²) in [6.07, 6.45) is 6.37. The summed E-state index contributed by atoms with van der Waals surface area (Å²) in [5.74, 6) is 2.52. The van der Waals surface area contributed by atoms with Crippen LogP contribution in [0, 0.1) is 5.92 Å². The van der Waals surface area contributed by atoms with Crippen molar-refractivity contribution >= 4 is 0 Å². The van der Waals surface area contributed by atoms with Gasteiger partial charge in [-0.2, -0.15) is 0 Å². The van der Waals surface area contributed by atoms with Gasteiger partial charge in [0.05, 0.1) is 0 Å². The second-order valence-electron chi connectivity index (χ2n) is 5.01. The van der Waals surface area contributed by atoms with Crippen molar-refractivity contribution in [2.24, 2.45) is 5.92 Å². The van der Waals surface area contributed by atoms with Gasteiger partial charge >= 0.3 is 0 Å². The molecule has 4 heteroatoms. The van der Waals surface area contributed by atoms with Crippen molar-refractivity contribution in [1.29, 1.82) is 0 Å². The number of aliphatic hydroxyl groups excluding tert-OH is 1. The molecule has 0 aliphatic heterocycles. The number of hydrogen-bond acceptors (Lipinski definition) is 3. The van der Waals surface area contributed by atoms with E-state index in [0.717, 1.165) is 18.2 Å². The van der Waals surface area contributed by atoms with Crippen molar-refractivity contribution in [2.45, 2.75) is 58.6 Å². The Labute approximate surface area is 96.7 Å². The first kappa shape index (κ1) is 11.6. The van der Waals surface area contributed by atoms with Crippen molar-refractivity contribution in [3.8, 4) is 0 Å². The van der Waals surface area contributed by atoms with Gasteiger partial charge in [-0.05, 0) is 19.8 Å². The number of aliphatic hydroxyl groups is 1. The van der Waals surface area contributed by atoms with E-state index >= 15 is 0 Å². The van der Waals surface area contributed by atoms with Crippen LogP contribution in [0.15, 0.2) is 0 Å². The minimum atomic E-state index is -0.0180. The summed E-state index contributed by atoms with van der Waals surface area (Å²) in [4.78, 5) is 0. The summed E-state index contributed by atoms with van der Waals surface area (Å²) in [6.45, 7) is 4.21. The molecular formula is C12H21N3O. The fourth-order valence-electron chi connectivity index (χ4n) is 2.68. The van der Waals surface area contributed by atoms with Crippen LogP contribution in [-0.2, 0) is 13.0 Å². The number of aromatic nitrogens is 3. The van der Waals surface area contributed by atoms with Gasteiger partial charge in [-0.1, -0.05) is 25.7 Å². The van der Waals surface area contributed by atoms with Gasteiger partial charge in [0.25, 0.3) is 0 Å². The van der Waals surface area contributed by atoms with Gasteiger partial charge < -0.3 is 9.67 Å². The molecule has 1 saturated carbocycles. The van der Waals surface area contributed by atoms with Gasteiger partial charge in [0, 0.05) is 12.5 Å². The first-order valence-corrected chi connectivity index (χ1v) is 6.26. The normalized spacial score (nSPS) is 17.5. The third-order valence-corrected chi connectivity index (χ3v) is 3.44. The summed E-state index contributed by atoms with van der Waals surface area (Å²) in [7, 11) is 0. The van der Waals surface area contributed by atoms with Gasteiger partial charge in [0.1, 0.15) is 12.4 Å². The van der Waals surface area contributed by atoms with Crippen LogP contribution in [0.3, 0.4) is 0 Å². The van der Waals surface area contributed by atoms with Crippen molar-refractivity contribution in [2.75, 3.05) is 0 Å². The smallest absolute Gasteiger partial charge is 0.159 e. The maximum absolute atomic E-state index is 9.22. The van der Waals surface area contributed by atoms with E-state index in [0.29, 0.717) is 11.9 Å². The second kappa shape index (κ2) is 4.95. The van der Waals surface area contributed by atoms with E-state index in [9.17, 15) is 5.11 Å². The standard InChI is InChI=1S/C12H21N3O/c1-9(2)15-11(13-14-12(15)8-16)7-10-5-3-4-6-10/h9-10,16H,3-8H2,1-2H3. The lowest BCUT2D eigenvalue weighted by molar-refractivity contribution is 0.261. The number of rotatable bonds is 4. The first-order valence-electron chi connectivity index (χ1n) is 6.26. The molecule has 4 nitrogen and oxygen atoms in total. The quantitative estimate of drug-likeness (QED) is 0.850.